The van der Waals surface area contributed by atoms with Crippen molar-refractivity contribution in [3.8, 4) is 11.5 Å². The van der Waals surface area contributed by atoms with Crippen molar-refractivity contribution in [1.82, 2.24) is 8.61 Å². The highest BCUT2D eigenvalue weighted by Gasteiger charge is 2.28. The highest BCUT2D eigenvalue weighted by molar-refractivity contribution is 7.89. The lowest BCUT2D eigenvalue weighted by Crippen LogP contribution is -2.33. The van der Waals surface area contributed by atoms with E-state index in [1.165, 1.54) is 48.5 Å². The van der Waals surface area contributed by atoms with Gasteiger partial charge in [-0.3, -0.25) is 0 Å². The Kier molecular flexibility index (Phi) is 20.1. The smallest absolute Gasteiger partial charge is 0.335 e. The number of carboxylic acid groups (broad SMARTS) is 2. The van der Waals surface area contributed by atoms with Gasteiger partial charge in [0.1, 0.15) is 24.7 Å². The van der Waals surface area contributed by atoms with Crippen molar-refractivity contribution in [2.24, 2.45) is 0 Å². The van der Waals surface area contributed by atoms with Crippen LogP contribution in [0.2, 0.25) is 0 Å². The molecule has 22 heteroatoms. The van der Waals surface area contributed by atoms with E-state index in [0.29, 0.717) is 33.8 Å². The molecule has 8 aromatic carbocycles. The molecule has 0 saturated heterocycles. The third-order valence-corrected chi connectivity index (χ3v) is 16.4. The van der Waals surface area contributed by atoms with Crippen molar-refractivity contribution >= 4 is 32.0 Å². The zero-order chi connectivity index (χ0) is 59.5. The van der Waals surface area contributed by atoms with Crippen molar-refractivity contribution < 1.29 is 81.2 Å². The molecule has 0 unspecified atom stereocenters. The highest BCUT2D eigenvalue weighted by atomic mass is 32.2. The number of sulfonamides is 2. The molecule has 0 spiro atoms. The fourth-order valence-corrected chi connectivity index (χ4v) is 11.0. The van der Waals surface area contributed by atoms with E-state index in [0.717, 1.165) is 80.4 Å². The van der Waals surface area contributed by atoms with Crippen LogP contribution < -0.4 is 9.47 Å². The number of halogens is 8. The van der Waals surface area contributed by atoms with Crippen LogP contribution in [0.15, 0.2) is 168 Å². The molecule has 8 aromatic rings. The van der Waals surface area contributed by atoms with Crippen molar-refractivity contribution in [3.05, 3.63) is 260 Å². The van der Waals surface area contributed by atoms with E-state index in [4.69, 9.17) is 9.47 Å². The van der Waals surface area contributed by atoms with Gasteiger partial charge in [0.2, 0.25) is 20.0 Å². The summed E-state index contributed by atoms with van der Waals surface area (Å²) in [4.78, 5) is 22.7. The van der Waals surface area contributed by atoms with Gasteiger partial charge in [-0.1, -0.05) is 60.7 Å². The molecule has 0 amide bonds. The molecule has 12 nitrogen and oxygen atoms in total. The first-order valence-corrected chi connectivity index (χ1v) is 27.6. The van der Waals surface area contributed by atoms with Crippen LogP contribution in [0.25, 0.3) is 0 Å². The van der Waals surface area contributed by atoms with Crippen LogP contribution in [0.4, 0.5) is 35.1 Å². The van der Waals surface area contributed by atoms with Crippen molar-refractivity contribution in [1.29, 1.82) is 0 Å². The molecule has 8 rings (SSSR count). The van der Waals surface area contributed by atoms with Crippen molar-refractivity contribution in [3.63, 3.8) is 0 Å². The lowest BCUT2D eigenvalue weighted by molar-refractivity contribution is 0.0685. The summed E-state index contributed by atoms with van der Waals surface area (Å²) in [5.41, 5.74) is 3.18. The summed E-state index contributed by atoms with van der Waals surface area (Å²) in [7, 11) is -8.49. The molecule has 0 aliphatic rings. The van der Waals surface area contributed by atoms with Crippen LogP contribution in [0, 0.1) is 60.4 Å². The monoisotopic (exact) mass is 1170 g/mol. The second-order valence-corrected chi connectivity index (χ2v) is 22.5. The van der Waals surface area contributed by atoms with Crippen LogP contribution in [-0.2, 0) is 59.2 Å². The van der Waals surface area contributed by atoms with Crippen LogP contribution in [0.5, 0.6) is 11.5 Å². The Bertz CT molecular complexity index is 3600. The minimum atomic E-state index is -4.25. The molecule has 428 valence electrons. The Morgan fingerprint density at radius 2 is 0.683 bits per heavy atom. The largest absolute Gasteiger partial charge is 0.489 e. The number of carbonyl (C=O) groups is 2. The van der Waals surface area contributed by atoms with E-state index < -0.39 is 78.5 Å². The lowest BCUT2D eigenvalue weighted by Gasteiger charge is -2.23. The Balaban J connectivity index is 0.000000236. The zero-order valence-corrected chi connectivity index (χ0v) is 45.2. The van der Waals surface area contributed by atoms with Gasteiger partial charge in [0.25, 0.3) is 0 Å². The van der Waals surface area contributed by atoms with Gasteiger partial charge in [-0.15, -0.1) is 0 Å². The summed E-state index contributed by atoms with van der Waals surface area (Å²) in [6.07, 6.45) is 0.452. The summed E-state index contributed by atoms with van der Waals surface area (Å²) >= 11 is 0. The lowest BCUT2D eigenvalue weighted by atomic mass is 10.1. The van der Waals surface area contributed by atoms with Crippen molar-refractivity contribution in [2.75, 3.05) is 13.1 Å². The number of ether oxygens (including phenoxy) is 2. The zero-order valence-electron chi connectivity index (χ0n) is 43.6. The minimum absolute atomic E-state index is 0.00563. The van der Waals surface area contributed by atoms with Gasteiger partial charge in [0, 0.05) is 26.2 Å². The van der Waals surface area contributed by atoms with Gasteiger partial charge in [0.15, 0.2) is 46.5 Å². The predicted molar refractivity (Wildman–Crippen MR) is 286 cm³/mol. The summed E-state index contributed by atoms with van der Waals surface area (Å²) in [5.74, 6) is -9.91. The Morgan fingerprint density at radius 1 is 0.390 bits per heavy atom. The van der Waals surface area contributed by atoms with Crippen LogP contribution in [-0.4, -0.2) is 60.7 Å². The van der Waals surface area contributed by atoms with Gasteiger partial charge in [0.05, 0.1) is 20.9 Å². The number of rotatable bonds is 22. The number of aryl methyl sites for hydroxylation is 2. The molecule has 0 aliphatic heterocycles. The molecule has 0 fully saturated rings. The molecule has 82 heavy (non-hydrogen) atoms. The SMILES string of the molecule is Cc1ccc(S(=O)(=O)N(CCc2ccc(OCc3ccc(F)c(F)c3)cc2)Cc2ccc(F)c(F)c2)cc1C(=O)O.Cc1ccc(S(=O)(=O)N(CCc2ccc(OCc3ccc(F)c(F)c3)cc2)Cc2ccc(F)c(F)c2)cc1C(=O)O. The van der Waals surface area contributed by atoms with E-state index in [1.54, 1.807) is 62.4 Å². The topological polar surface area (TPSA) is 168 Å². The van der Waals surface area contributed by atoms with Gasteiger partial charge in [-0.05, 0) is 168 Å². The maximum absolute atomic E-state index is 13.9. The van der Waals surface area contributed by atoms with E-state index in [9.17, 15) is 71.8 Å². The van der Waals surface area contributed by atoms with E-state index >= 15 is 0 Å². The van der Waals surface area contributed by atoms with Gasteiger partial charge >= 0.3 is 11.9 Å². The number of hydrogen-bond donors (Lipinski definition) is 2. The van der Waals surface area contributed by atoms with Gasteiger partial charge < -0.3 is 19.7 Å². The average molecular weight is 1180 g/mol. The molecule has 0 bridgehead atoms. The molecule has 0 aromatic heterocycles. The predicted octanol–water partition coefficient (Wildman–Crippen LogP) is 12.5. The maximum atomic E-state index is 13.9. The fourth-order valence-electron chi connectivity index (χ4n) is 8.14. The third-order valence-electron chi connectivity index (χ3n) is 12.8. The molecule has 2 N–H and O–H groups in total. The molecule has 0 heterocycles. The first-order valence-electron chi connectivity index (χ1n) is 24.8. The Labute approximate surface area is 467 Å². The normalized spacial score (nSPS) is 11.6. The van der Waals surface area contributed by atoms with Crippen LogP contribution in [0.3, 0.4) is 0 Å². The van der Waals surface area contributed by atoms with E-state index in [-0.39, 0.29) is 84.3 Å². The number of hydrogen-bond acceptors (Lipinski definition) is 8. The second-order valence-electron chi connectivity index (χ2n) is 18.6. The Hall–Kier alpha value is -8.44. The summed E-state index contributed by atoms with van der Waals surface area (Å²) in [6.45, 7) is 2.40. The number of carboxylic acids is 2. The molecular formula is C60H50F8N2O10S2. The van der Waals surface area contributed by atoms with Crippen LogP contribution >= 0.6 is 0 Å². The summed E-state index contributed by atoms with van der Waals surface area (Å²) in [5, 5.41) is 18.9. The van der Waals surface area contributed by atoms with E-state index in [1.807, 2.05) is 0 Å². The maximum Gasteiger partial charge on any atom is 0.335 e. The fraction of sp³-hybridized carbons (Fsp3) is 0.167. The second kappa shape index (κ2) is 26.9. The van der Waals surface area contributed by atoms with Gasteiger partial charge in [-0.25, -0.2) is 61.5 Å². The first kappa shape index (κ1) is 61.2. The molecular weight excluding hydrogens is 1120 g/mol. The number of benzene rings is 8. The minimum Gasteiger partial charge on any atom is -0.489 e. The standard InChI is InChI=1S/2C30H25F4NO5S/c2*1-19-2-9-24(16-25(19)30(36)37)41(38,39)35(17-21-5-10-26(31)28(33)14-21)13-12-20-3-7-23(8-4-20)40-18-22-6-11-27(32)29(34)15-22/h2*2-11,14-16H,12-13,17-18H2,1H3,(H,36,37). The first-order chi connectivity index (χ1) is 38.9. The van der Waals surface area contributed by atoms with Crippen molar-refractivity contribution in [2.45, 2.75) is 62.8 Å². The molecule has 0 aliphatic carbocycles. The number of aromatic carboxylic acids is 2. The molecule has 0 saturated carbocycles. The van der Waals surface area contributed by atoms with E-state index in [2.05, 4.69) is 0 Å². The average Bonchev–Trinajstić information content (AvgIpc) is 3.61. The summed E-state index contributed by atoms with van der Waals surface area (Å²) in [6, 6.07) is 34.0. The highest BCUT2D eigenvalue weighted by Crippen LogP contribution is 2.27. The summed E-state index contributed by atoms with van der Waals surface area (Å²) < 4.78 is 176. The number of nitrogens with zero attached hydrogens (tertiary/aromatic N) is 2. The van der Waals surface area contributed by atoms with Crippen LogP contribution in [0.1, 0.15) is 65.2 Å². The third kappa shape index (κ3) is 15.9. The molecule has 0 atom stereocenters. The Morgan fingerprint density at radius 3 is 0.988 bits per heavy atom. The quantitative estimate of drug-likeness (QED) is 0.0623. The van der Waals surface area contributed by atoms with Gasteiger partial charge in [-0.2, -0.15) is 8.61 Å². The molecule has 0 radical (unpaired) electrons.